The van der Waals surface area contributed by atoms with Crippen molar-refractivity contribution in [2.45, 2.75) is 54.6 Å². The molecule has 28 heavy (non-hydrogen) atoms. The Morgan fingerprint density at radius 2 is 1.79 bits per heavy atom. The molecular weight excluding hydrogens is 445 g/mol. The maximum Gasteiger partial charge on any atom is 0.315 e. The van der Waals surface area contributed by atoms with Gasteiger partial charge in [-0.25, -0.2) is 0 Å². The summed E-state index contributed by atoms with van der Waals surface area (Å²) in [5.74, 6) is -1.31. The van der Waals surface area contributed by atoms with E-state index in [1.165, 1.54) is 31.4 Å². The van der Waals surface area contributed by atoms with Crippen LogP contribution < -0.4 is 5.32 Å². The van der Waals surface area contributed by atoms with E-state index in [2.05, 4.69) is 12.2 Å². The number of carbonyl (C=O) groups excluding carboxylic acids is 2. The molecule has 1 aromatic rings. The summed E-state index contributed by atoms with van der Waals surface area (Å²) in [5.41, 5.74) is 0.0491. The topological polar surface area (TPSA) is 75.6 Å². The Morgan fingerprint density at radius 1 is 1.14 bits per heavy atom. The lowest BCUT2D eigenvalue weighted by molar-refractivity contribution is -0.140. The Hall–Kier alpha value is -0.820. The van der Waals surface area contributed by atoms with Crippen LogP contribution >= 0.6 is 46.6 Å². The average Bonchev–Trinajstić information content (AvgIpc) is 2.63. The third-order valence-electron chi connectivity index (χ3n) is 3.84. The number of ether oxygens (including phenoxy) is 1. The first-order valence-electron chi connectivity index (χ1n) is 9.18. The SMILES string of the molecule is CCCCCCCCOC(=O)CSC(NC(=O)c1ccccc1O)C(Cl)(Cl)Cl. The molecular formula is C19H26Cl3NO4S. The number of para-hydroxylation sites is 1. The van der Waals surface area contributed by atoms with Gasteiger partial charge >= 0.3 is 5.97 Å². The fourth-order valence-electron chi connectivity index (χ4n) is 2.34. The van der Waals surface area contributed by atoms with Gasteiger partial charge in [0.05, 0.1) is 17.9 Å². The molecule has 9 heteroatoms. The molecule has 1 atom stereocenters. The molecule has 0 radical (unpaired) electrons. The smallest absolute Gasteiger partial charge is 0.315 e. The second kappa shape index (κ2) is 13.4. The molecule has 0 aliphatic heterocycles. The Bertz CT molecular complexity index is 625. The summed E-state index contributed by atoms with van der Waals surface area (Å²) in [6, 6.07) is 6.02. The minimum atomic E-state index is -1.84. The first-order chi connectivity index (χ1) is 13.3. The van der Waals surface area contributed by atoms with Crippen molar-refractivity contribution in [3.05, 3.63) is 29.8 Å². The quantitative estimate of drug-likeness (QED) is 0.184. The van der Waals surface area contributed by atoms with Crippen LogP contribution in [0.15, 0.2) is 24.3 Å². The highest BCUT2D eigenvalue weighted by Gasteiger charge is 2.35. The van der Waals surface area contributed by atoms with Crippen molar-refractivity contribution in [2.75, 3.05) is 12.4 Å². The maximum absolute atomic E-state index is 12.3. The predicted molar refractivity (Wildman–Crippen MR) is 116 cm³/mol. The summed E-state index contributed by atoms with van der Waals surface area (Å²) in [6.07, 6.45) is 6.58. The number of rotatable bonds is 12. The van der Waals surface area contributed by atoms with Crippen LogP contribution in [0.3, 0.4) is 0 Å². The number of benzene rings is 1. The molecule has 1 unspecified atom stereocenters. The van der Waals surface area contributed by atoms with Crippen molar-refractivity contribution in [3.63, 3.8) is 0 Å². The largest absolute Gasteiger partial charge is 0.507 e. The summed E-state index contributed by atoms with van der Waals surface area (Å²) in [4.78, 5) is 24.2. The number of thioether (sulfide) groups is 1. The second-order valence-corrected chi connectivity index (χ2v) is 9.67. The molecule has 5 nitrogen and oxygen atoms in total. The van der Waals surface area contributed by atoms with E-state index in [0.29, 0.717) is 6.61 Å². The molecule has 0 spiro atoms. The summed E-state index contributed by atoms with van der Waals surface area (Å²) in [7, 11) is 0. The molecule has 1 rings (SSSR count). The molecule has 0 saturated carbocycles. The number of halogens is 3. The standard InChI is InChI=1S/C19H26Cl3NO4S/c1-2-3-4-5-6-9-12-27-16(25)13-28-18(19(20,21)22)23-17(26)14-10-7-8-11-15(14)24/h7-8,10-11,18,24H,2-6,9,12-13H2,1H3,(H,23,26). The number of hydrogen-bond acceptors (Lipinski definition) is 5. The van der Waals surface area contributed by atoms with E-state index in [0.717, 1.165) is 31.0 Å². The maximum atomic E-state index is 12.3. The van der Waals surface area contributed by atoms with Crippen LogP contribution in [0.2, 0.25) is 0 Å². The highest BCUT2D eigenvalue weighted by molar-refractivity contribution is 8.00. The van der Waals surface area contributed by atoms with E-state index in [-0.39, 0.29) is 17.1 Å². The number of unbranched alkanes of at least 4 members (excludes halogenated alkanes) is 5. The van der Waals surface area contributed by atoms with E-state index in [4.69, 9.17) is 39.5 Å². The first kappa shape index (κ1) is 25.2. The van der Waals surface area contributed by atoms with Crippen LogP contribution in [0.25, 0.3) is 0 Å². The lowest BCUT2D eigenvalue weighted by Crippen LogP contribution is -2.42. The number of hydrogen-bond donors (Lipinski definition) is 2. The van der Waals surface area contributed by atoms with Gasteiger partial charge in [0.25, 0.3) is 5.91 Å². The zero-order chi connectivity index (χ0) is 21.0. The monoisotopic (exact) mass is 469 g/mol. The molecule has 0 heterocycles. The van der Waals surface area contributed by atoms with Gasteiger partial charge in [0.1, 0.15) is 11.1 Å². The molecule has 158 valence electrons. The van der Waals surface area contributed by atoms with E-state index in [1.807, 2.05) is 0 Å². The minimum absolute atomic E-state index is 0.0491. The van der Waals surface area contributed by atoms with E-state index >= 15 is 0 Å². The van der Waals surface area contributed by atoms with Gasteiger partial charge in [-0.15, -0.1) is 11.8 Å². The van der Waals surface area contributed by atoms with Crippen LogP contribution in [0.1, 0.15) is 55.8 Å². The molecule has 0 fully saturated rings. The van der Waals surface area contributed by atoms with Gasteiger partial charge in [-0.05, 0) is 18.6 Å². The summed E-state index contributed by atoms with van der Waals surface area (Å²) in [6.45, 7) is 2.52. The van der Waals surface area contributed by atoms with E-state index < -0.39 is 21.0 Å². The van der Waals surface area contributed by atoms with Crippen molar-refractivity contribution in [1.29, 1.82) is 0 Å². The number of phenolic OH excluding ortho intramolecular Hbond substituents is 1. The zero-order valence-electron chi connectivity index (χ0n) is 15.8. The zero-order valence-corrected chi connectivity index (χ0v) is 18.8. The fourth-order valence-corrected chi connectivity index (χ4v) is 3.84. The summed E-state index contributed by atoms with van der Waals surface area (Å²) >= 11 is 18.7. The van der Waals surface area contributed by atoms with Crippen molar-refractivity contribution in [2.24, 2.45) is 0 Å². The van der Waals surface area contributed by atoms with Crippen molar-refractivity contribution < 1.29 is 19.4 Å². The van der Waals surface area contributed by atoms with Crippen molar-refractivity contribution in [1.82, 2.24) is 5.32 Å². The Kier molecular flexibility index (Phi) is 12.1. The molecule has 0 saturated heterocycles. The van der Waals surface area contributed by atoms with Crippen LogP contribution in [0.5, 0.6) is 5.75 Å². The van der Waals surface area contributed by atoms with Crippen molar-refractivity contribution in [3.8, 4) is 5.75 Å². The van der Waals surface area contributed by atoms with Gasteiger partial charge in [-0.2, -0.15) is 0 Å². The lowest BCUT2D eigenvalue weighted by atomic mass is 10.1. The number of aromatic hydroxyl groups is 1. The number of phenols is 1. The third-order valence-corrected chi connectivity index (χ3v) is 6.09. The number of nitrogens with one attached hydrogen (secondary N) is 1. The number of carbonyl (C=O) groups is 2. The van der Waals surface area contributed by atoms with Crippen LogP contribution in [0.4, 0.5) is 0 Å². The highest BCUT2D eigenvalue weighted by atomic mass is 35.6. The molecule has 0 aliphatic rings. The molecule has 0 aliphatic carbocycles. The second-order valence-electron chi connectivity index (χ2n) is 6.21. The van der Waals surface area contributed by atoms with Crippen LogP contribution in [0, 0.1) is 0 Å². The van der Waals surface area contributed by atoms with Gasteiger partial charge in [0, 0.05) is 0 Å². The number of alkyl halides is 3. The van der Waals surface area contributed by atoms with E-state index in [1.54, 1.807) is 12.1 Å². The molecule has 1 amide bonds. The van der Waals surface area contributed by atoms with Crippen molar-refractivity contribution >= 4 is 58.4 Å². The normalized spacial score (nSPS) is 12.4. The first-order valence-corrected chi connectivity index (χ1v) is 11.4. The average molecular weight is 471 g/mol. The van der Waals surface area contributed by atoms with Gasteiger partial charge in [0.2, 0.25) is 3.79 Å². The minimum Gasteiger partial charge on any atom is -0.507 e. The third kappa shape index (κ3) is 10.1. The number of esters is 1. The van der Waals surface area contributed by atoms with Gasteiger partial charge in [-0.3, -0.25) is 9.59 Å². The molecule has 0 bridgehead atoms. The fraction of sp³-hybridized carbons (Fsp3) is 0.579. The highest BCUT2D eigenvalue weighted by Crippen LogP contribution is 2.36. The van der Waals surface area contributed by atoms with Gasteiger partial charge < -0.3 is 15.2 Å². The summed E-state index contributed by atoms with van der Waals surface area (Å²) < 4.78 is 3.34. The Labute approximate surface area is 185 Å². The predicted octanol–water partition coefficient (Wildman–Crippen LogP) is 5.46. The van der Waals surface area contributed by atoms with E-state index in [9.17, 15) is 14.7 Å². The number of amides is 1. The van der Waals surface area contributed by atoms with Crippen LogP contribution in [-0.2, 0) is 9.53 Å². The Morgan fingerprint density at radius 3 is 2.43 bits per heavy atom. The summed E-state index contributed by atoms with van der Waals surface area (Å²) in [5, 5.41) is 11.3. The van der Waals surface area contributed by atoms with Gasteiger partial charge in [-0.1, -0.05) is 86.0 Å². The van der Waals surface area contributed by atoms with Gasteiger partial charge in [0.15, 0.2) is 0 Å². The molecule has 0 aromatic heterocycles. The molecule has 1 aromatic carbocycles. The Balaban J connectivity index is 2.42. The lowest BCUT2D eigenvalue weighted by Gasteiger charge is -2.24. The molecule has 2 N–H and O–H groups in total. The van der Waals surface area contributed by atoms with Crippen LogP contribution in [-0.4, -0.2) is 38.5 Å².